The largest absolute Gasteiger partial charge is 0.492 e. The fourth-order valence-corrected chi connectivity index (χ4v) is 5.76. The maximum Gasteiger partial charge on any atom is 0.416 e. The van der Waals surface area contributed by atoms with E-state index in [-0.39, 0.29) is 0 Å². The van der Waals surface area contributed by atoms with Crippen LogP contribution in [-0.2, 0) is 6.42 Å². The molecule has 2 heterocycles. The molecule has 0 unspecified atom stereocenters. The molecule has 0 bridgehead atoms. The molecule has 0 atom stereocenters. The minimum atomic E-state index is -1.11. The molecule has 2 N–H and O–H groups in total. The van der Waals surface area contributed by atoms with E-state index >= 15 is 0 Å². The van der Waals surface area contributed by atoms with Gasteiger partial charge in [-0.25, -0.2) is 14.7 Å². The van der Waals surface area contributed by atoms with Gasteiger partial charge in [-0.1, -0.05) is 67.1 Å². The third kappa shape index (κ3) is 6.30. The summed E-state index contributed by atoms with van der Waals surface area (Å²) in [6.07, 6.45) is -0.0844. The fraction of sp³-hybridized carbons (Fsp3) is 0.235. The molecule has 8 nitrogen and oxygen atoms in total. The number of anilines is 3. The zero-order valence-corrected chi connectivity index (χ0v) is 24.8. The summed E-state index contributed by atoms with van der Waals surface area (Å²) in [5, 5.41) is 10.1. The number of imidazole rings is 1. The van der Waals surface area contributed by atoms with Gasteiger partial charge in [0, 0.05) is 44.4 Å². The van der Waals surface area contributed by atoms with Crippen LogP contribution in [0.25, 0.3) is 22.4 Å². The Bertz CT molecular complexity index is 1700. The van der Waals surface area contributed by atoms with Crippen LogP contribution in [0.2, 0.25) is 5.02 Å². The Balaban J connectivity index is 1.04. The summed E-state index contributed by atoms with van der Waals surface area (Å²) in [5.74, 6) is 1.50. The molecule has 1 saturated heterocycles. The van der Waals surface area contributed by atoms with Gasteiger partial charge in [0.05, 0.1) is 27.6 Å². The van der Waals surface area contributed by atoms with Gasteiger partial charge in [0.1, 0.15) is 23.7 Å². The molecule has 9 heteroatoms. The van der Waals surface area contributed by atoms with Crippen LogP contribution < -0.4 is 14.5 Å². The number of aromatic nitrogens is 2. The highest BCUT2D eigenvalue weighted by Crippen LogP contribution is 2.35. The molecule has 1 amide bonds. The van der Waals surface area contributed by atoms with E-state index in [1.807, 2.05) is 6.07 Å². The molecule has 1 fully saturated rings. The maximum atomic E-state index is 12.0. The van der Waals surface area contributed by atoms with Crippen LogP contribution in [0.1, 0.15) is 12.5 Å². The van der Waals surface area contributed by atoms with Gasteiger partial charge in [0.2, 0.25) is 0 Å². The molecule has 0 radical (unpaired) electrons. The van der Waals surface area contributed by atoms with Gasteiger partial charge in [-0.3, -0.25) is 4.90 Å². The molecule has 1 aromatic heterocycles. The number of hydrogen-bond donors (Lipinski definition) is 2. The second-order valence-corrected chi connectivity index (χ2v) is 11.0. The number of H-pyrrole nitrogens is 1. The smallest absolute Gasteiger partial charge is 0.416 e. The van der Waals surface area contributed by atoms with Gasteiger partial charge in [-0.2, -0.15) is 0 Å². The van der Waals surface area contributed by atoms with E-state index in [0.29, 0.717) is 28.8 Å². The number of hydrogen-bond acceptors (Lipinski definition) is 5. The van der Waals surface area contributed by atoms with Gasteiger partial charge < -0.3 is 19.7 Å². The van der Waals surface area contributed by atoms with Crippen LogP contribution in [-0.4, -0.2) is 65.4 Å². The Kier molecular flexibility index (Phi) is 8.49. The van der Waals surface area contributed by atoms with E-state index in [2.05, 4.69) is 64.2 Å². The fourth-order valence-electron chi connectivity index (χ4n) is 5.50. The number of fused-ring (bicyclic) bond motifs is 1. The first kappa shape index (κ1) is 28.6. The van der Waals surface area contributed by atoms with Gasteiger partial charge >= 0.3 is 6.09 Å². The summed E-state index contributed by atoms with van der Waals surface area (Å²) in [6.45, 7) is 7.08. The van der Waals surface area contributed by atoms with Crippen LogP contribution in [0.3, 0.4) is 0 Å². The van der Waals surface area contributed by atoms with Crippen molar-refractivity contribution in [2.45, 2.75) is 13.3 Å². The first-order valence-corrected chi connectivity index (χ1v) is 14.9. The lowest BCUT2D eigenvalue weighted by atomic mass is 10.1. The first-order valence-electron chi connectivity index (χ1n) is 14.6. The van der Waals surface area contributed by atoms with Crippen molar-refractivity contribution in [2.75, 3.05) is 49.1 Å². The Hall–Kier alpha value is -4.53. The number of ether oxygens (including phenoxy) is 1. The molecule has 0 spiro atoms. The van der Waals surface area contributed by atoms with Crippen molar-refractivity contribution in [2.24, 2.45) is 0 Å². The van der Waals surface area contributed by atoms with Crippen LogP contribution in [0, 0.1) is 0 Å². The maximum absolute atomic E-state index is 12.0. The number of aryl methyl sites for hydroxylation is 1. The number of piperazine rings is 1. The zero-order chi connectivity index (χ0) is 29.8. The molecule has 4 aromatic carbocycles. The standard InChI is InChI=1S/C34H34ClN5O3/c1-2-24-11-13-25(14-12-24)33-36-29-9-6-10-31(32(29)37-33)39-19-17-38(18-20-39)21-22-43-27-15-16-30(28(35)23-27)40(34(41)42)26-7-4-3-5-8-26/h3-16,23H,2,17-22H2,1H3,(H,36,37)(H,41,42). The lowest BCUT2D eigenvalue weighted by molar-refractivity contribution is 0.200. The quantitative estimate of drug-likeness (QED) is 0.184. The molecular weight excluding hydrogens is 562 g/mol. The van der Waals surface area contributed by atoms with E-state index in [9.17, 15) is 9.90 Å². The van der Waals surface area contributed by atoms with Crippen molar-refractivity contribution in [3.63, 3.8) is 0 Å². The van der Waals surface area contributed by atoms with Crippen LogP contribution in [0.15, 0.2) is 91.0 Å². The lowest BCUT2D eigenvalue weighted by Gasteiger charge is -2.36. The number of aromatic amines is 1. The Labute approximate surface area is 256 Å². The Morgan fingerprint density at radius 2 is 1.74 bits per heavy atom. The highest BCUT2D eigenvalue weighted by atomic mass is 35.5. The molecule has 0 aliphatic carbocycles. The number of carboxylic acid groups (broad SMARTS) is 1. The predicted octanol–water partition coefficient (Wildman–Crippen LogP) is 7.46. The van der Waals surface area contributed by atoms with Crippen molar-refractivity contribution in [1.29, 1.82) is 0 Å². The molecule has 43 heavy (non-hydrogen) atoms. The highest BCUT2D eigenvalue weighted by molar-refractivity contribution is 6.34. The van der Waals surface area contributed by atoms with Crippen molar-refractivity contribution >= 4 is 45.8 Å². The molecule has 1 aliphatic rings. The Morgan fingerprint density at radius 3 is 2.44 bits per heavy atom. The van der Waals surface area contributed by atoms with E-state index in [1.165, 1.54) is 10.5 Å². The molecule has 1 aliphatic heterocycles. The normalized spacial score (nSPS) is 13.8. The third-order valence-electron chi connectivity index (χ3n) is 7.88. The summed E-state index contributed by atoms with van der Waals surface area (Å²) in [6, 6.07) is 28.9. The number of benzene rings is 4. The topological polar surface area (TPSA) is 84.9 Å². The zero-order valence-electron chi connectivity index (χ0n) is 24.0. The number of rotatable bonds is 9. The number of halogens is 1. The second-order valence-electron chi connectivity index (χ2n) is 10.6. The monoisotopic (exact) mass is 595 g/mol. The van der Waals surface area contributed by atoms with E-state index in [4.69, 9.17) is 21.3 Å². The molecule has 220 valence electrons. The average molecular weight is 596 g/mol. The predicted molar refractivity (Wildman–Crippen MR) is 173 cm³/mol. The third-order valence-corrected chi connectivity index (χ3v) is 8.18. The van der Waals surface area contributed by atoms with Crippen molar-refractivity contribution < 1.29 is 14.6 Å². The van der Waals surface area contributed by atoms with Crippen LogP contribution in [0.5, 0.6) is 5.75 Å². The summed E-state index contributed by atoms with van der Waals surface area (Å²) in [5.41, 5.74) is 6.52. The highest BCUT2D eigenvalue weighted by Gasteiger charge is 2.22. The minimum absolute atomic E-state index is 0.311. The van der Waals surface area contributed by atoms with E-state index < -0.39 is 6.09 Å². The van der Waals surface area contributed by atoms with Crippen LogP contribution >= 0.6 is 11.6 Å². The van der Waals surface area contributed by atoms with Crippen molar-refractivity contribution in [3.8, 4) is 17.1 Å². The lowest BCUT2D eigenvalue weighted by Crippen LogP contribution is -2.47. The van der Waals surface area contributed by atoms with Crippen molar-refractivity contribution in [1.82, 2.24) is 14.9 Å². The summed E-state index contributed by atoms with van der Waals surface area (Å²) in [4.78, 5) is 26.4. The molecule has 6 rings (SSSR count). The number of nitrogens with zero attached hydrogens (tertiary/aromatic N) is 4. The van der Waals surface area contributed by atoms with E-state index in [1.54, 1.807) is 42.5 Å². The minimum Gasteiger partial charge on any atom is -0.492 e. The number of amides is 1. The number of nitrogens with one attached hydrogen (secondary N) is 1. The van der Waals surface area contributed by atoms with E-state index in [0.717, 1.165) is 67.3 Å². The van der Waals surface area contributed by atoms with Gasteiger partial charge in [0.15, 0.2) is 0 Å². The van der Waals surface area contributed by atoms with Crippen molar-refractivity contribution in [3.05, 3.63) is 102 Å². The first-order chi connectivity index (χ1) is 21.0. The van der Waals surface area contributed by atoms with Crippen LogP contribution in [0.4, 0.5) is 21.9 Å². The average Bonchev–Trinajstić information content (AvgIpc) is 3.48. The molecular formula is C34H34ClN5O3. The Morgan fingerprint density at radius 1 is 0.977 bits per heavy atom. The number of carbonyl (C=O) groups is 1. The SMILES string of the molecule is CCc1ccc(-c2nc3c(N4CCN(CCOc5ccc(N(C(=O)O)c6ccccc6)c(Cl)c5)CC4)cccc3[nH]2)cc1. The van der Waals surface area contributed by atoms with Gasteiger partial charge in [-0.05, 0) is 48.4 Å². The summed E-state index contributed by atoms with van der Waals surface area (Å²) in [7, 11) is 0. The summed E-state index contributed by atoms with van der Waals surface area (Å²) >= 11 is 6.50. The summed E-state index contributed by atoms with van der Waals surface area (Å²) < 4.78 is 6.00. The van der Waals surface area contributed by atoms with Gasteiger partial charge in [0.25, 0.3) is 0 Å². The number of para-hydroxylation sites is 2. The molecule has 0 saturated carbocycles. The molecule has 5 aromatic rings. The van der Waals surface area contributed by atoms with Gasteiger partial charge in [-0.15, -0.1) is 0 Å². The second kappa shape index (κ2) is 12.8.